The molecule has 6 nitrogen and oxygen atoms in total. The number of methoxy groups -OCH3 is 1. The van der Waals surface area contributed by atoms with Crippen molar-refractivity contribution in [1.82, 2.24) is 14.7 Å². The molecule has 2 heterocycles. The van der Waals surface area contributed by atoms with Crippen LogP contribution in [0.4, 0.5) is 0 Å². The lowest BCUT2D eigenvalue weighted by molar-refractivity contribution is 0.0905. The van der Waals surface area contributed by atoms with Crippen LogP contribution in [0.2, 0.25) is 0 Å². The van der Waals surface area contributed by atoms with Crippen molar-refractivity contribution < 1.29 is 14.3 Å². The molecule has 25 heavy (non-hydrogen) atoms. The molecule has 0 aliphatic rings. The highest BCUT2D eigenvalue weighted by atomic mass is 16.5. The van der Waals surface area contributed by atoms with Crippen LogP contribution in [0.3, 0.4) is 0 Å². The average Bonchev–Trinajstić information content (AvgIpc) is 3.03. The summed E-state index contributed by atoms with van der Waals surface area (Å²) in [6.07, 6.45) is 3.87. The molecule has 1 atom stereocenters. The van der Waals surface area contributed by atoms with Gasteiger partial charge in [-0.25, -0.2) is 4.98 Å². The molecule has 1 N–H and O–H groups in total. The number of imidazole rings is 1. The summed E-state index contributed by atoms with van der Waals surface area (Å²) in [4.78, 5) is 16.7. The maximum Gasteiger partial charge on any atom is 0.251 e. The third-order valence-electron chi connectivity index (χ3n) is 3.69. The van der Waals surface area contributed by atoms with Gasteiger partial charge in [-0.2, -0.15) is 0 Å². The number of nitrogens with zero attached hydrogens (tertiary/aromatic N) is 2. The Morgan fingerprint density at radius 3 is 2.96 bits per heavy atom. The normalized spacial score (nSPS) is 12.1. The molecule has 0 saturated heterocycles. The minimum Gasteiger partial charge on any atom is -0.487 e. The molecule has 1 aromatic carbocycles. The summed E-state index contributed by atoms with van der Waals surface area (Å²) in [6, 6.07) is 12.9. The Morgan fingerprint density at radius 1 is 1.28 bits per heavy atom. The quantitative estimate of drug-likeness (QED) is 0.719. The molecule has 0 bridgehead atoms. The van der Waals surface area contributed by atoms with E-state index in [9.17, 15) is 4.79 Å². The van der Waals surface area contributed by atoms with Crippen LogP contribution in [0.15, 0.2) is 54.9 Å². The van der Waals surface area contributed by atoms with Crippen molar-refractivity contribution in [3.05, 3.63) is 66.1 Å². The molecule has 0 radical (unpaired) electrons. The topological polar surface area (TPSA) is 64.9 Å². The summed E-state index contributed by atoms with van der Waals surface area (Å²) in [7, 11) is 1.61. The Kier molecular flexibility index (Phi) is 5.30. The lowest BCUT2D eigenvalue weighted by Crippen LogP contribution is -2.35. The smallest absolute Gasteiger partial charge is 0.251 e. The third-order valence-corrected chi connectivity index (χ3v) is 3.69. The van der Waals surface area contributed by atoms with Gasteiger partial charge in [0.1, 0.15) is 18.0 Å². The van der Waals surface area contributed by atoms with Crippen LogP contribution in [0.1, 0.15) is 23.0 Å². The zero-order valence-corrected chi connectivity index (χ0v) is 14.3. The van der Waals surface area contributed by atoms with Crippen molar-refractivity contribution in [1.29, 1.82) is 0 Å². The van der Waals surface area contributed by atoms with Gasteiger partial charge in [0, 0.05) is 31.1 Å². The maximum absolute atomic E-state index is 12.2. The first kappa shape index (κ1) is 17.0. The van der Waals surface area contributed by atoms with Crippen LogP contribution in [0.5, 0.6) is 5.75 Å². The van der Waals surface area contributed by atoms with Crippen LogP contribution in [-0.4, -0.2) is 35.1 Å². The molecule has 0 saturated carbocycles. The zero-order valence-electron chi connectivity index (χ0n) is 14.3. The van der Waals surface area contributed by atoms with E-state index < -0.39 is 0 Å². The van der Waals surface area contributed by atoms with Gasteiger partial charge >= 0.3 is 0 Å². The Morgan fingerprint density at radius 2 is 2.16 bits per heavy atom. The van der Waals surface area contributed by atoms with E-state index in [1.807, 2.05) is 48.0 Å². The van der Waals surface area contributed by atoms with Gasteiger partial charge in [0.15, 0.2) is 0 Å². The number of hydrogen-bond donors (Lipinski definition) is 1. The molecule has 1 amide bonds. The second-order valence-corrected chi connectivity index (χ2v) is 5.84. The van der Waals surface area contributed by atoms with Crippen molar-refractivity contribution in [2.24, 2.45) is 0 Å². The summed E-state index contributed by atoms with van der Waals surface area (Å²) >= 11 is 0. The third kappa shape index (κ3) is 4.36. The van der Waals surface area contributed by atoms with Crippen LogP contribution >= 0.6 is 0 Å². The highest BCUT2D eigenvalue weighted by molar-refractivity contribution is 5.94. The Bertz CT molecular complexity index is 827. The molecule has 0 aliphatic heterocycles. The fourth-order valence-electron chi connectivity index (χ4n) is 2.54. The predicted molar refractivity (Wildman–Crippen MR) is 94.8 cm³/mol. The van der Waals surface area contributed by atoms with Crippen molar-refractivity contribution in [2.75, 3.05) is 13.7 Å². The minimum absolute atomic E-state index is 0.0555. The Labute approximate surface area is 146 Å². The van der Waals surface area contributed by atoms with Gasteiger partial charge in [0.05, 0.1) is 12.3 Å². The van der Waals surface area contributed by atoms with E-state index in [0.29, 0.717) is 24.5 Å². The molecular weight excluding hydrogens is 318 g/mol. The number of amides is 1. The van der Waals surface area contributed by atoms with Crippen molar-refractivity contribution >= 4 is 11.6 Å². The van der Waals surface area contributed by atoms with Gasteiger partial charge in [-0.1, -0.05) is 12.1 Å². The second-order valence-electron chi connectivity index (χ2n) is 5.84. The standard InChI is InChI=1S/C19H21N3O3/c1-14(12-24-2)20-19(23)15-6-5-7-17(10-15)25-13-16-11-22-9-4-3-8-18(22)21-16/h3-11,14H,12-13H2,1-2H3,(H,20,23)/t14-/m0/s1. The van der Waals surface area contributed by atoms with Gasteiger partial charge in [-0.3, -0.25) is 4.79 Å². The number of hydrogen-bond acceptors (Lipinski definition) is 4. The van der Waals surface area contributed by atoms with Crippen LogP contribution in [0, 0.1) is 0 Å². The first-order chi connectivity index (χ1) is 12.2. The average molecular weight is 339 g/mol. The Hall–Kier alpha value is -2.86. The summed E-state index contributed by atoms with van der Waals surface area (Å²) in [5.74, 6) is 0.479. The van der Waals surface area contributed by atoms with Gasteiger partial charge in [0.2, 0.25) is 0 Å². The number of fused-ring (bicyclic) bond motifs is 1. The second kappa shape index (κ2) is 7.81. The first-order valence-corrected chi connectivity index (χ1v) is 8.11. The highest BCUT2D eigenvalue weighted by Crippen LogP contribution is 2.15. The van der Waals surface area contributed by atoms with E-state index in [2.05, 4.69) is 10.3 Å². The summed E-state index contributed by atoms with van der Waals surface area (Å²) in [5, 5.41) is 2.88. The largest absolute Gasteiger partial charge is 0.487 e. The van der Waals surface area contributed by atoms with Gasteiger partial charge in [-0.15, -0.1) is 0 Å². The number of rotatable bonds is 7. The van der Waals surface area contributed by atoms with E-state index in [-0.39, 0.29) is 11.9 Å². The van der Waals surface area contributed by atoms with Crippen molar-refractivity contribution in [3.63, 3.8) is 0 Å². The zero-order chi connectivity index (χ0) is 17.6. The van der Waals surface area contributed by atoms with Gasteiger partial charge in [-0.05, 0) is 37.3 Å². The number of carbonyl (C=O) groups excluding carboxylic acids is 1. The molecule has 0 spiro atoms. The van der Waals surface area contributed by atoms with E-state index in [1.165, 1.54) is 0 Å². The van der Waals surface area contributed by atoms with Crippen LogP contribution < -0.4 is 10.1 Å². The monoisotopic (exact) mass is 339 g/mol. The Balaban J connectivity index is 1.64. The number of carbonyl (C=O) groups is 1. The van der Waals surface area contributed by atoms with Crippen molar-refractivity contribution in [3.8, 4) is 5.75 Å². The molecule has 3 aromatic rings. The van der Waals surface area contributed by atoms with E-state index >= 15 is 0 Å². The number of benzene rings is 1. The van der Waals surface area contributed by atoms with E-state index in [1.54, 1.807) is 25.3 Å². The lowest BCUT2D eigenvalue weighted by atomic mass is 10.2. The van der Waals surface area contributed by atoms with Gasteiger partial charge in [0.25, 0.3) is 5.91 Å². The van der Waals surface area contributed by atoms with E-state index in [0.717, 1.165) is 11.3 Å². The fraction of sp³-hybridized carbons (Fsp3) is 0.263. The molecular formula is C19H21N3O3. The SMILES string of the molecule is COC[C@H](C)NC(=O)c1cccc(OCc2cn3ccccc3n2)c1. The molecule has 0 unspecified atom stereocenters. The lowest BCUT2D eigenvalue weighted by Gasteiger charge is -2.13. The van der Waals surface area contributed by atoms with Crippen molar-refractivity contribution in [2.45, 2.75) is 19.6 Å². The molecule has 0 fully saturated rings. The maximum atomic E-state index is 12.2. The number of ether oxygens (including phenoxy) is 2. The van der Waals surface area contributed by atoms with Crippen LogP contribution in [0.25, 0.3) is 5.65 Å². The van der Waals surface area contributed by atoms with Crippen LogP contribution in [-0.2, 0) is 11.3 Å². The number of aromatic nitrogens is 2. The molecule has 2 aromatic heterocycles. The fourth-order valence-corrected chi connectivity index (χ4v) is 2.54. The molecule has 0 aliphatic carbocycles. The molecule has 6 heteroatoms. The van der Waals surface area contributed by atoms with Gasteiger partial charge < -0.3 is 19.2 Å². The number of pyridine rings is 1. The highest BCUT2D eigenvalue weighted by Gasteiger charge is 2.10. The number of nitrogens with one attached hydrogen (secondary N) is 1. The predicted octanol–water partition coefficient (Wildman–Crippen LogP) is 2.68. The summed E-state index contributed by atoms with van der Waals surface area (Å²) in [6.45, 7) is 2.70. The summed E-state index contributed by atoms with van der Waals surface area (Å²) < 4.78 is 12.8. The summed E-state index contributed by atoms with van der Waals surface area (Å²) in [5.41, 5.74) is 2.26. The van der Waals surface area contributed by atoms with E-state index in [4.69, 9.17) is 9.47 Å². The molecule has 3 rings (SSSR count). The molecule has 130 valence electrons. The first-order valence-electron chi connectivity index (χ1n) is 8.11. The minimum atomic E-state index is -0.150.